The first-order valence-corrected chi connectivity index (χ1v) is 6.63. The van der Waals surface area contributed by atoms with Crippen LogP contribution >= 0.6 is 11.6 Å². The van der Waals surface area contributed by atoms with E-state index in [-0.39, 0.29) is 0 Å². The molecule has 0 bridgehead atoms. The van der Waals surface area contributed by atoms with Gasteiger partial charge in [0.05, 0.1) is 5.69 Å². The molecule has 0 spiro atoms. The van der Waals surface area contributed by atoms with Crippen LogP contribution in [0.25, 0.3) is 11.1 Å². The van der Waals surface area contributed by atoms with Crippen molar-refractivity contribution in [3.05, 3.63) is 35.0 Å². The van der Waals surface area contributed by atoms with Crippen molar-refractivity contribution in [3.8, 4) is 11.1 Å². The third kappa shape index (κ3) is 1.70. The van der Waals surface area contributed by atoms with Gasteiger partial charge in [0, 0.05) is 29.1 Å². The Balaban J connectivity index is 2.18. The smallest absolute Gasteiger partial charge is 0.129 e. The van der Waals surface area contributed by atoms with Gasteiger partial charge in [-0.15, -0.1) is 0 Å². The van der Waals surface area contributed by atoms with Crippen LogP contribution in [0.15, 0.2) is 24.3 Å². The van der Waals surface area contributed by atoms with Crippen molar-refractivity contribution in [1.82, 2.24) is 9.78 Å². The molecule has 1 fully saturated rings. The van der Waals surface area contributed by atoms with Crippen molar-refractivity contribution in [2.45, 2.75) is 25.2 Å². The lowest BCUT2D eigenvalue weighted by molar-refractivity contribution is 0.408. The third-order valence-corrected chi connectivity index (χ3v) is 4.08. The molecule has 0 aliphatic heterocycles. The second-order valence-electron chi connectivity index (χ2n) is 4.88. The van der Waals surface area contributed by atoms with Crippen molar-refractivity contribution in [3.63, 3.8) is 0 Å². The fourth-order valence-corrected chi connectivity index (χ4v) is 2.70. The molecule has 1 heterocycles. The Bertz CT molecular complexity index is 585. The molecule has 0 atom stereocenters. The minimum absolute atomic E-state index is 0.541. The number of rotatable bonds is 2. The van der Waals surface area contributed by atoms with Crippen LogP contribution in [-0.2, 0) is 7.05 Å². The molecule has 1 saturated carbocycles. The van der Waals surface area contributed by atoms with E-state index in [0.29, 0.717) is 11.7 Å². The molecule has 2 aromatic rings. The molecule has 1 aliphatic rings. The lowest BCUT2D eigenvalue weighted by Crippen LogP contribution is -2.10. The molecule has 18 heavy (non-hydrogen) atoms. The molecule has 2 N–H and O–H groups in total. The van der Waals surface area contributed by atoms with Crippen LogP contribution in [-0.4, -0.2) is 9.78 Å². The van der Waals surface area contributed by atoms with Gasteiger partial charge < -0.3 is 5.73 Å². The lowest BCUT2D eigenvalue weighted by atomic mass is 9.80. The number of aromatic nitrogens is 2. The minimum atomic E-state index is 0.541. The zero-order valence-corrected chi connectivity index (χ0v) is 11.1. The summed E-state index contributed by atoms with van der Waals surface area (Å²) in [5.41, 5.74) is 9.28. The van der Waals surface area contributed by atoms with Gasteiger partial charge in [-0.2, -0.15) is 5.10 Å². The highest BCUT2D eigenvalue weighted by Crippen LogP contribution is 2.44. The zero-order valence-electron chi connectivity index (χ0n) is 10.4. The van der Waals surface area contributed by atoms with Crippen LogP contribution in [0.2, 0.25) is 5.02 Å². The van der Waals surface area contributed by atoms with Crippen LogP contribution in [0, 0.1) is 0 Å². The molecule has 0 amide bonds. The maximum Gasteiger partial charge on any atom is 0.129 e. The van der Waals surface area contributed by atoms with Gasteiger partial charge in [-0.25, -0.2) is 0 Å². The molecule has 1 aliphatic carbocycles. The van der Waals surface area contributed by atoms with Gasteiger partial charge in [0.15, 0.2) is 0 Å². The van der Waals surface area contributed by atoms with Gasteiger partial charge in [-0.05, 0) is 18.9 Å². The molecule has 0 unspecified atom stereocenters. The van der Waals surface area contributed by atoms with Gasteiger partial charge in [-0.3, -0.25) is 4.68 Å². The number of benzene rings is 1. The molecule has 0 radical (unpaired) electrons. The first kappa shape index (κ1) is 11.6. The Morgan fingerprint density at radius 3 is 2.67 bits per heavy atom. The van der Waals surface area contributed by atoms with E-state index in [4.69, 9.17) is 17.3 Å². The van der Waals surface area contributed by atoms with Crippen molar-refractivity contribution >= 4 is 17.4 Å². The Kier molecular flexibility index (Phi) is 2.78. The van der Waals surface area contributed by atoms with E-state index >= 15 is 0 Å². The fraction of sp³-hybridized carbons (Fsp3) is 0.357. The Labute approximate surface area is 112 Å². The molecule has 94 valence electrons. The van der Waals surface area contributed by atoms with Crippen LogP contribution in [0.5, 0.6) is 0 Å². The Morgan fingerprint density at radius 1 is 1.33 bits per heavy atom. The van der Waals surface area contributed by atoms with E-state index in [2.05, 4.69) is 5.10 Å². The summed E-state index contributed by atoms with van der Waals surface area (Å²) < 4.78 is 1.76. The summed E-state index contributed by atoms with van der Waals surface area (Å²) in [6.45, 7) is 0. The summed E-state index contributed by atoms with van der Waals surface area (Å²) >= 11 is 6.29. The summed E-state index contributed by atoms with van der Waals surface area (Å²) in [6.07, 6.45) is 3.69. The van der Waals surface area contributed by atoms with Gasteiger partial charge in [0.1, 0.15) is 5.82 Å². The topological polar surface area (TPSA) is 43.8 Å². The van der Waals surface area contributed by atoms with Crippen molar-refractivity contribution < 1.29 is 0 Å². The zero-order chi connectivity index (χ0) is 12.7. The normalized spacial score (nSPS) is 15.7. The van der Waals surface area contributed by atoms with Crippen LogP contribution in [0.3, 0.4) is 0 Å². The number of halogens is 1. The van der Waals surface area contributed by atoms with Crippen molar-refractivity contribution in [2.24, 2.45) is 7.05 Å². The largest absolute Gasteiger partial charge is 0.383 e. The fourth-order valence-electron chi connectivity index (χ4n) is 2.47. The number of hydrogen-bond donors (Lipinski definition) is 1. The van der Waals surface area contributed by atoms with Gasteiger partial charge in [-0.1, -0.05) is 36.2 Å². The number of hydrogen-bond acceptors (Lipinski definition) is 2. The Morgan fingerprint density at radius 2 is 2.06 bits per heavy atom. The SMILES string of the molecule is Cn1nc(C2CCC2)c(-c2ccccc2Cl)c1N. The highest BCUT2D eigenvalue weighted by atomic mass is 35.5. The van der Waals surface area contributed by atoms with E-state index < -0.39 is 0 Å². The first-order chi connectivity index (χ1) is 8.68. The average Bonchev–Trinajstić information content (AvgIpc) is 2.55. The second kappa shape index (κ2) is 4.32. The number of aryl methyl sites for hydroxylation is 1. The second-order valence-corrected chi connectivity index (χ2v) is 5.28. The monoisotopic (exact) mass is 261 g/mol. The molecular weight excluding hydrogens is 246 g/mol. The summed E-state index contributed by atoms with van der Waals surface area (Å²) in [5, 5.41) is 5.32. The van der Waals surface area contributed by atoms with Crippen molar-refractivity contribution in [2.75, 3.05) is 5.73 Å². The standard InChI is InChI=1S/C14H16ClN3/c1-18-14(16)12(10-7-2-3-8-11(10)15)13(17-18)9-5-4-6-9/h2-3,7-9H,4-6,16H2,1H3. The van der Waals surface area contributed by atoms with Crippen molar-refractivity contribution in [1.29, 1.82) is 0 Å². The third-order valence-electron chi connectivity index (χ3n) is 3.75. The summed E-state index contributed by atoms with van der Waals surface area (Å²) in [7, 11) is 1.89. The first-order valence-electron chi connectivity index (χ1n) is 6.25. The number of nitrogens with zero attached hydrogens (tertiary/aromatic N) is 2. The number of nitrogen functional groups attached to an aromatic ring is 1. The highest BCUT2D eigenvalue weighted by Gasteiger charge is 2.28. The average molecular weight is 262 g/mol. The van der Waals surface area contributed by atoms with E-state index in [0.717, 1.165) is 21.8 Å². The van der Waals surface area contributed by atoms with E-state index in [9.17, 15) is 0 Å². The predicted octanol–water partition coefficient (Wildman–Crippen LogP) is 3.59. The van der Waals surface area contributed by atoms with Gasteiger partial charge in [0.2, 0.25) is 0 Å². The number of nitrogens with two attached hydrogens (primary N) is 1. The summed E-state index contributed by atoms with van der Waals surface area (Å²) in [4.78, 5) is 0. The summed E-state index contributed by atoms with van der Waals surface area (Å²) in [5.74, 6) is 1.24. The molecule has 1 aromatic heterocycles. The van der Waals surface area contributed by atoms with E-state index in [1.807, 2.05) is 31.3 Å². The minimum Gasteiger partial charge on any atom is -0.383 e. The highest BCUT2D eigenvalue weighted by molar-refractivity contribution is 6.33. The molecule has 0 saturated heterocycles. The van der Waals surface area contributed by atoms with Gasteiger partial charge in [0.25, 0.3) is 0 Å². The number of anilines is 1. The molecule has 1 aromatic carbocycles. The predicted molar refractivity (Wildman–Crippen MR) is 74.7 cm³/mol. The Hall–Kier alpha value is -1.48. The van der Waals surface area contributed by atoms with Crippen LogP contribution < -0.4 is 5.73 Å². The molecule has 3 nitrogen and oxygen atoms in total. The van der Waals surface area contributed by atoms with Gasteiger partial charge >= 0.3 is 0 Å². The van der Waals surface area contributed by atoms with Crippen LogP contribution in [0.4, 0.5) is 5.82 Å². The summed E-state index contributed by atoms with van der Waals surface area (Å²) in [6, 6.07) is 7.82. The van der Waals surface area contributed by atoms with Crippen LogP contribution in [0.1, 0.15) is 30.9 Å². The molecule has 4 heteroatoms. The lowest BCUT2D eigenvalue weighted by Gasteiger charge is -2.24. The quantitative estimate of drug-likeness (QED) is 0.898. The molecular formula is C14H16ClN3. The molecule has 3 rings (SSSR count). The maximum absolute atomic E-state index is 6.29. The van der Waals surface area contributed by atoms with E-state index in [1.54, 1.807) is 4.68 Å². The van der Waals surface area contributed by atoms with E-state index in [1.165, 1.54) is 19.3 Å². The maximum atomic E-state index is 6.29.